The molecule has 0 spiro atoms. The number of carboxylic acids is 1. The molecule has 1 fully saturated rings. The minimum absolute atomic E-state index is 0.151. The molecule has 3 atom stereocenters. The van der Waals surface area contributed by atoms with Gasteiger partial charge >= 0.3 is 5.97 Å². The van der Waals surface area contributed by atoms with E-state index in [1.54, 1.807) is 0 Å². The molecule has 0 aromatic rings. The van der Waals surface area contributed by atoms with E-state index in [-0.39, 0.29) is 5.92 Å². The highest BCUT2D eigenvalue weighted by molar-refractivity contribution is 5.90. The van der Waals surface area contributed by atoms with Crippen molar-refractivity contribution in [3.05, 3.63) is 0 Å². The van der Waals surface area contributed by atoms with Crippen molar-refractivity contribution in [1.82, 2.24) is 10.6 Å². The van der Waals surface area contributed by atoms with E-state index >= 15 is 0 Å². The lowest BCUT2D eigenvalue weighted by Crippen LogP contribution is -2.50. The first kappa shape index (κ1) is 13.4. The van der Waals surface area contributed by atoms with Gasteiger partial charge in [0.2, 0.25) is 11.8 Å². The smallest absolute Gasteiger partial charge is 0.326 e. The third-order valence-electron chi connectivity index (χ3n) is 2.84. The van der Waals surface area contributed by atoms with Crippen LogP contribution in [0.3, 0.4) is 0 Å². The molecule has 7 heteroatoms. The zero-order valence-corrected chi connectivity index (χ0v) is 9.60. The van der Waals surface area contributed by atoms with Crippen molar-refractivity contribution in [2.45, 2.75) is 31.8 Å². The molecule has 0 saturated carbocycles. The fourth-order valence-corrected chi connectivity index (χ4v) is 1.85. The van der Waals surface area contributed by atoms with Crippen LogP contribution in [0.4, 0.5) is 0 Å². The zero-order valence-electron chi connectivity index (χ0n) is 9.60. The Bertz CT molecular complexity index is 332. The standard InChI is InChI=1S/C10H17N3O4/c1-5-2-3-12-8(5)9(15)13-6(10(16)17)4-7(11)14/h5-6,8,12H,2-4H2,1H3,(H2,11,14)(H,13,15)(H,16,17). The van der Waals surface area contributed by atoms with Crippen molar-refractivity contribution < 1.29 is 19.5 Å². The average Bonchev–Trinajstić information content (AvgIpc) is 2.62. The number of carboxylic acid groups (broad SMARTS) is 1. The number of amides is 2. The lowest BCUT2D eigenvalue weighted by Gasteiger charge is -2.19. The van der Waals surface area contributed by atoms with Crippen molar-refractivity contribution in [1.29, 1.82) is 0 Å². The molecule has 1 aliphatic heterocycles. The molecule has 0 aliphatic carbocycles. The molecule has 96 valence electrons. The van der Waals surface area contributed by atoms with Crippen LogP contribution in [0, 0.1) is 5.92 Å². The van der Waals surface area contributed by atoms with Crippen LogP contribution in [0.5, 0.6) is 0 Å². The van der Waals surface area contributed by atoms with E-state index < -0.39 is 36.3 Å². The van der Waals surface area contributed by atoms with Gasteiger partial charge in [-0.25, -0.2) is 4.79 Å². The van der Waals surface area contributed by atoms with E-state index in [4.69, 9.17) is 10.8 Å². The average molecular weight is 243 g/mol. The van der Waals surface area contributed by atoms with Gasteiger partial charge in [0.1, 0.15) is 6.04 Å². The van der Waals surface area contributed by atoms with Gasteiger partial charge in [-0.15, -0.1) is 0 Å². The summed E-state index contributed by atoms with van der Waals surface area (Å²) in [6, 6.07) is -1.65. The van der Waals surface area contributed by atoms with Crippen LogP contribution in [0.15, 0.2) is 0 Å². The van der Waals surface area contributed by atoms with E-state index in [0.29, 0.717) is 0 Å². The van der Waals surface area contributed by atoms with Crippen molar-refractivity contribution in [2.75, 3.05) is 6.54 Å². The van der Waals surface area contributed by atoms with Gasteiger partial charge in [-0.3, -0.25) is 9.59 Å². The largest absolute Gasteiger partial charge is 0.480 e. The Labute approximate surface area is 98.7 Å². The van der Waals surface area contributed by atoms with Gasteiger partial charge in [-0.05, 0) is 18.9 Å². The molecule has 3 unspecified atom stereocenters. The second kappa shape index (κ2) is 5.62. The van der Waals surface area contributed by atoms with Crippen LogP contribution >= 0.6 is 0 Å². The van der Waals surface area contributed by atoms with E-state index in [2.05, 4.69) is 10.6 Å². The maximum absolute atomic E-state index is 11.8. The van der Waals surface area contributed by atoms with Gasteiger partial charge in [-0.2, -0.15) is 0 Å². The van der Waals surface area contributed by atoms with E-state index in [1.165, 1.54) is 0 Å². The Balaban J connectivity index is 2.57. The highest BCUT2D eigenvalue weighted by atomic mass is 16.4. The number of aliphatic carboxylic acids is 1. The molecule has 1 aliphatic rings. The van der Waals surface area contributed by atoms with Crippen LogP contribution in [0.2, 0.25) is 0 Å². The van der Waals surface area contributed by atoms with Crippen LogP contribution in [0.1, 0.15) is 19.8 Å². The summed E-state index contributed by atoms with van der Waals surface area (Å²) in [6.07, 6.45) is 0.466. The van der Waals surface area contributed by atoms with Crippen LogP contribution in [-0.4, -0.2) is 41.5 Å². The molecule has 0 aromatic carbocycles. The molecule has 1 heterocycles. The van der Waals surface area contributed by atoms with Crippen molar-refractivity contribution in [2.24, 2.45) is 11.7 Å². The number of carbonyl (C=O) groups excluding carboxylic acids is 2. The molecular formula is C10H17N3O4. The molecule has 5 N–H and O–H groups in total. The summed E-state index contributed by atoms with van der Waals surface area (Å²) >= 11 is 0. The summed E-state index contributed by atoms with van der Waals surface area (Å²) in [5.74, 6) is -2.27. The summed E-state index contributed by atoms with van der Waals surface area (Å²) in [5.41, 5.74) is 4.92. The Morgan fingerprint density at radius 3 is 2.59 bits per heavy atom. The van der Waals surface area contributed by atoms with Crippen molar-refractivity contribution >= 4 is 17.8 Å². The van der Waals surface area contributed by atoms with Gasteiger partial charge in [0.25, 0.3) is 0 Å². The Morgan fingerprint density at radius 1 is 1.53 bits per heavy atom. The quantitative estimate of drug-likeness (QED) is 0.464. The summed E-state index contributed by atoms with van der Waals surface area (Å²) in [4.78, 5) is 33.3. The lowest BCUT2D eigenvalue weighted by molar-refractivity contribution is -0.143. The number of primary amides is 1. The summed E-state index contributed by atoms with van der Waals surface area (Å²) in [5, 5.41) is 14.1. The highest BCUT2D eigenvalue weighted by Crippen LogP contribution is 2.14. The third-order valence-corrected chi connectivity index (χ3v) is 2.84. The normalized spacial score (nSPS) is 25.2. The fraction of sp³-hybridized carbons (Fsp3) is 0.700. The number of hydrogen-bond donors (Lipinski definition) is 4. The first-order valence-corrected chi connectivity index (χ1v) is 5.46. The molecule has 0 aromatic heterocycles. The van der Waals surface area contributed by atoms with Crippen LogP contribution in [0.25, 0.3) is 0 Å². The van der Waals surface area contributed by atoms with Gasteiger partial charge in [0.05, 0.1) is 12.5 Å². The van der Waals surface area contributed by atoms with Crippen molar-refractivity contribution in [3.8, 4) is 0 Å². The predicted molar refractivity (Wildman–Crippen MR) is 58.9 cm³/mol. The maximum Gasteiger partial charge on any atom is 0.326 e. The fourth-order valence-electron chi connectivity index (χ4n) is 1.85. The second-order valence-corrected chi connectivity index (χ2v) is 4.27. The number of carbonyl (C=O) groups is 3. The Morgan fingerprint density at radius 2 is 2.18 bits per heavy atom. The van der Waals surface area contributed by atoms with Gasteiger partial charge in [0.15, 0.2) is 0 Å². The van der Waals surface area contributed by atoms with Gasteiger partial charge in [0, 0.05) is 0 Å². The van der Waals surface area contributed by atoms with E-state index in [9.17, 15) is 14.4 Å². The zero-order chi connectivity index (χ0) is 13.0. The summed E-state index contributed by atoms with van der Waals surface area (Å²) in [6.45, 7) is 2.64. The molecule has 2 amide bonds. The number of rotatable bonds is 5. The number of nitrogens with two attached hydrogens (primary N) is 1. The maximum atomic E-state index is 11.8. The Hall–Kier alpha value is -1.63. The lowest BCUT2D eigenvalue weighted by atomic mass is 10.0. The molecule has 0 radical (unpaired) electrons. The van der Waals surface area contributed by atoms with E-state index in [1.807, 2.05) is 6.92 Å². The molecule has 7 nitrogen and oxygen atoms in total. The van der Waals surface area contributed by atoms with Crippen LogP contribution < -0.4 is 16.4 Å². The molecule has 1 saturated heterocycles. The first-order chi connectivity index (χ1) is 7.91. The second-order valence-electron chi connectivity index (χ2n) is 4.27. The van der Waals surface area contributed by atoms with Gasteiger partial charge < -0.3 is 21.5 Å². The number of nitrogens with one attached hydrogen (secondary N) is 2. The monoisotopic (exact) mass is 243 g/mol. The summed E-state index contributed by atoms with van der Waals surface area (Å²) < 4.78 is 0. The minimum Gasteiger partial charge on any atom is -0.480 e. The SMILES string of the molecule is CC1CCNC1C(=O)NC(CC(N)=O)C(=O)O. The molecular weight excluding hydrogens is 226 g/mol. The first-order valence-electron chi connectivity index (χ1n) is 5.46. The van der Waals surface area contributed by atoms with Crippen molar-refractivity contribution in [3.63, 3.8) is 0 Å². The predicted octanol–water partition coefficient (Wildman–Crippen LogP) is -1.57. The van der Waals surface area contributed by atoms with Crippen LogP contribution in [-0.2, 0) is 14.4 Å². The molecule has 17 heavy (non-hydrogen) atoms. The minimum atomic E-state index is -1.26. The third kappa shape index (κ3) is 3.70. The highest BCUT2D eigenvalue weighted by Gasteiger charge is 2.32. The topological polar surface area (TPSA) is 122 Å². The molecule has 1 rings (SSSR count). The molecule has 0 bridgehead atoms. The summed E-state index contributed by atoms with van der Waals surface area (Å²) in [7, 11) is 0. The Kier molecular flexibility index (Phi) is 4.45. The number of hydrogen-bond acceptors (Lipinski definition) is 4. The van der Waals surface area contributed by atoms with Gasteiger partial charge in [-0.1, -0.05) is 6.92 Å². The van der Waals surface area contributed by atoms with E-state index in [0.717, 1.165) is 13.0 Å².